The highest BCUT2D eigenvalue weighted by atomic mass is 32.2. The van der Waals surface area contributed by atoms with Crippen molar-refractivity contribution in [3.05, 3.63) is 48.0 Å². The second kappa shape index (κ2) is 6.78. The number of benzene rings is 1. The predicted octanol–water partition coefficient (Wildman–Crippen LogP) is 3.23. The average Bonchev–Trinajstić information content (AvgIpc) is 2.86. The summed E-state index contributed by atoms with van der Waals surface area (Å²) in [6, 6.07) is 8.88. The number of nitrogens with zero attached hydrogens (tertiary/aromatic N) is 2. The van der Waals surface area contributed by atoms with E-state index in [1.807, 2.05) is 19.4 Å². The molecule has 1 atom stereocenters. The molecule has 4 heteroatoms. The number of imidazole rings is 1. The molecule has 0 aliphatic rings. The molecule has 1 aromatic heterocycles. The van der Waals surface area contributed by atoms with Crippen molar-refractivity contribution in [3.63, 3.8) is 0 Å². The zero-order chi connectivity index (χ0) is 13.7. The maximum Gasteiger partial charge on any atom is 0.130 e. The van der Waals surface area contributed by atoms with E-state index in [0.29, 0.717) is 0 Å². The highest BCUT2D eigenvalue weighted by molar-refractivity contribution is 7.98. The third-order valence-corrected chi connectivity index (χ3v) is 3.91. The molecular formula is C15H21N3S. The molecule has 0 saturated carbocycles. The molecule has 0 bridgehead atoms. The maximum atomic E-state index is 4.48. The van der Waals surface area contributed by atoms with Crippen LogP contribution in [0.15, 0.2) is 41.6 Å². The third-order valence-electron chi connectivity index (χ3n) is 3.16. The van der Waals surface area contributed by atoms with Crippen molar-refractivity contribution in [1.29, 1.82) is 0 Å². The standard InChI is InChI=1S/C15H21N3S/c1-4-9-16-14(15-17-10-11-18(15)2)12-5-7-13(19-3)8-6-12/h5-8,10-11,14,16H,4,9H2,1-3H3. The Labute approximate surface area is 119 Å². The van der Waals surface area contributed by atoms with Gasteiger partial charge in [-0.25, -0.2) is 4.98 Å². The van der Waals surface area contributed by atoms with Gasteiger partial charge >= 0.3 is 0 Å². The topological polar surface area (TPSA) is 29.9 Å². The minimum absolute atomic E-state index is 0.163. The van der Waals surface area contributed by atoms with Crippen molar-refractivity contribution in [1.82, 2.24) is 14.9 Å². The van der Waals surface area contributed by atoms with Crippen LogP contribution < -0.4 is 5.32 Å². The summed E-state index contributed by atoms with van der Waals surface area (Å²) in [7, 11) is 2.04. The van der Waals surface area contributed by atoms with Crippen LogP contribution in [0.1, 0.15) is 30.8 Å². The van der Waals surface area contributed by atoms with Gasteiger partial charge < -0.3 is 9.88 Å². The van der Waals surface area contributed by atoms with E-state index in [1.54, 1.807) is 11.8 Å². The first-order chi connectivity index (χ1) is 9.26. The van der Waals surface area contributed by atoms with Crippen molar-refractivity contribution < 1.29 is 0 Å². The summed E-state index contributed by atoms with van der Waals surface area (Å²) in [5, 5.41) is 3.58. The van der Waals surface area contributed by atoms with E-state index in [2.05, 4.69) is 52.3 Å². The Kier molecular flexibility index (Phi) is 5.05. The van der Waals surface area contributed by atoms with E-state index in [-0.39, 0.29) is 6.04 Å². The third kappa shape index (κ3) is 3.39. The van der Waals surface area contributed by atoms with E-state index >= 15 is 0 Å². The molecule has 1 unspecified atom stereocenters. The summed E-state index contributed by atoms with van der Waals surface area (Å²) in [6.45, 7) is 3.17. The molecule has 0 amide bonds. The highest BCUT2D eigenvalue weighted by Crippen LogP contribution is 2.23. The first-order valence-electron chi connectivity index (χ1n) is 6.60. The van der Waals surface area contributed by atoms with Crippen molar-refractivity contribution in [2.24, 2.45) is 7.05 Å². The number of aromatic nitrogens is 2. The molecule has 2 rings (SSSR count). The van der Waals surface area contributed by atoms with Gasteiger partial charge in [0.2, 0.25) is 0 Å². The molecule has 0 aliphatic carbocycles. The van der Waals surface area contributed by atoms with Gasteiger partial charge in [-0.1, -0.05) is 19.1 Å². The number of rotatable bonds is 6. The molecule has 0 aliphatic heterocycles. The van der Waals surface area contributed by atoms with Crippen molar-refractivity contribution in [2.45, 2.75) is 24.3 Å². The molecule has 0 saturated heterocycles. The Morgan fingerprint density at radius 3 is 2.58 bits per heavy atom. The second-order valence-electron chi connectivity index (χ2n) is 4.56. The first-order valence-corrected chi connectivity index (χ1v) is 7.83. The lowest BCUT2D eigenvalue weighted by molar-refractivity contribution is 0.555. The molecule has 3 nitrogen and oxygen atoms in total. The Balaban J connectivity index is 2.28. The van der Waals surface area contributed by atoms with Crippen molar-refractivity contribution >= 4 is 11.8 Å². The van der Waals surface area contributed by atoms with Gasteiger partial charge in [0.15, 0.2) is 0 Å². The summed E-state index contributed by atoms with van der Waals surface area (Å²) < 4.78 is 2.08. The van der Waals surface area contributed by atoms with Crippen LogP contribution in [0.2, 0.25) is 0 Å². The monoisotopic (exact) mass is 275 g/mol. The number of nitrogens with one attached hydrogen (secondary N) is 1. The maximum absolute atomic E-state index is 4.48. The zero-order valence-corrected chi connectivity index (χ0v) is 12.6. The highest BCUT2D eigenvalue weighted by Gasteiger charge is 2.17. The summed E-state index contributed by atoms with van der Waals surface area (Å²) in [5.41, 5.74) is 1.26. The lowest BCUT2D eigenvalue weighted by Gasteiger charge is -2.19. The molecule has 1 heterocycles. The van der Waals surface area contributed by atoms with Gasteiger partial charge in [0.1, 0.15) is 5.82 Å². The van der Waals surface area contributed by atoms with Gasteiger partial charge in [0.25, 0.3) is 0 Å². The van der Waals surface area contributed by atoms with Crippen LogP contribution in [0.3, 0.4) is 0 Å². The van der Waals surface area contributed by atoms with E-state index in [9.17, 15) is 0 Å². The van der Waals surface area contributed by atoms with Crippen LogP contribution in [0.25, 0.3) is 0 Å². The molecule has 19 heavy (non-hydrogen) atoms. The quantitative estimate of drug-likeness (QED) is 0.821. The molecular weight excluding hydrogens is 254 g/mol. The lowest BCUT2D eigenvalue weighted by atomic mass is 10.1. The zero-order valence-electron chi connectivity index (χ0n) is 11.8. The van der Waals surface area contributed by atoms with Crippen LogP contribution in [-0.4, -0.2) is 22.4 Å². The molecule has 1 aromatic carbocycles. The first kappa shape index (κ1) is 14.2. The second-order valence-corrected chi connectivity index (χ2v) is 5.44. The molecule has 1 N–H and O–H groups in total. The van der Waals surface area contributed by atoms with Crippen LogP contribution >= 0.6 is 11.8 Å². The fourth-order valence-corrected chi connectivity index (χ4v) is 2.51. The SMILES string of the molecule is CCCNC(c1ccc(SC)cc1)c1nccn1C. The van der Waals surface area contributed by atoms with Gasteiger partial charge in [-0.2, -0.15) is 0 Å². The average molecular weight is 275 g/mol. The van der Waals surface area contributed by atoms with Gasteiger partial charge in [0, 0.05) is 24.3 Å². The van der Waals surface area contributed by atoms with Crippen molar-refractivity contribution in [3.8, 4) is 0 Å². The molecule has 2 aromatic rings. The summed E-state index contributed by atoms with van der Waals surface area (Å²) in [6.07, 6.45) is 7.06. The molecule has 0 fully saturated rings. The smallest absolute Gasteiger partial charge is 0.130 e. The molecule has 102 valence electrons. The van der Waals surface area contributed by atoms with Crippen molar-refractivity contribution in [2.75, 3.05) is 12.8 Å². The fourth-order valence-electron chi connectivity index (χ4n) is 2.10. The van der Waals surface area contributed by atoms with Gasteiger partial charge in [-0.05, 0) is 36.9 Å². The normalized spacial score (nSPS) is 12.6. The number of hydrogen-bond acceptors (Lipinski definition) is 3. The fraction of sp³-hybridized carbons (Fsp3) is 0.400. The van der Waals surface area contributed by atoms with Gasteiger partial charge in [-0.15, -0.1) is 11.8 Å². The van der Waals surface area contributed by atoms with E-state index in [1.165, 1.54) is 10.5 Å². The summed E-state index contributed by atoms with van der Waals surface area (Å²) in [5.74, 6) is 1.06. The van der Waals surface area contributed by atoms with Gasteiger partial charge in [0.05, 0.1) is 6.04 Å². The largest absolute Gasteiger partial charge is 0.336 e. The van der Waals surface area contributed by atoms with E-state index in [4.69, 9.17) is 0 Å². The van der Waals surface area contributed by atoms with Crippen LogP contribution in [0, 0.1) is 0 Å². The minimum atomic E-state index is 0.163. The predicted molar refractivity (Wildman–Crippen MR) is 81.6 cm³/mol. The number of hydrogen-bond donors (Lipinski definition) is 1. The van der Waals surface area contributed by atoms with Gasteiger partial charge in [-0.3, -0.25) is 0 Å². The minimum Gasteiger partial charge on any atom is -0.336 e. The Morgan fingerprint density at radius 1 is 1.32 bits per heavy atom. The van der Waals surface area contributed by atoms with E-state index in [0.717, 1.165) is 18.8 Å². The number of aryl methyl sites for hydroxylation is 1. The summed E-state index contributed by atoms with van der Waals surface area (Å²) >= 11 is 1.77. The number of thioether (sulfide) groups is 1. The molecule has 0 spiro atoms. The summed E-state index contributed by atoms with van der Waals surface area (Å²) in [4.78, 5) is 5.77. The van der Waals surface area contributed by atoms with E-state index < -0.39 is 0 Å². The Bertz CT molecular complexity index is 504. The van der Waals surface area contributed by atoms with Crippen LogP contribution in [0.5, 0.6) is 0 Å². The lowest BCUT2D eigenvalue weighted by Crippen LogP contribution is -2.25. The Morgan fingerprint density at radius 2 is 2.05 bits per heavy atom. The van der Waals surface area contributed by atoms with Crippen LogP contribution in [0.4, 0.5) is 0 Å². The Hall–Kier alpha value is -1.26. The van der Waals surface area contributed by atoms with Crippen LogP contribution in [-0.2, 0) is 7.05 Å². The molecule has 0 radical (unpaired) electrons.